The fourth-order valence-corrected chi connectivity index (χ4v) is 3.18. The topological polar surface area (TPSA) is 76.7 Å². The van der Waals surface area contributed by atoms with Crippen molar-refractivity contribution in [2.75, 3.05) is 20.8 Å². The number of hydrogen-bond acceptors (Lipinski definition) is 5. The highest BCUT2D eigenvalue weighted by atomic mass is 16.5. The number of imide groups is 1. The van der Waals surface area contributed by atoms with Crippen LogP contribution in [0.3, 0.4) is 0 Å². The molecule has 2 N–H and O–H groups in total. The minimum atomic E-state index is -0.390. The molecule has 26 heavy (non-hydrogen) atoms. The third-order valence-electron chi connectivity index (χ3n) is 4.48. The molecule has 6 nitrogen and oxygen atoms in total. The average molecular weight is 354 g/mol. The molecule has 3 rings (SSSR count). The zero-order valence-corrected chi connectivity index (χ0v) is 14.9. The number of carbonyl (C=O) groups excluding carboxylic acids is 2. The van der Waals surface area contributed by atoms with Crippen LogP contribution in [-0.4, -0.2) is 32.6 Å². The van der Waals surface area contributed by atoms with Crippen molar-refractivity contribution in [1.29, 1.82) is 0 Å². The van der Waals surface area contributed by atoms with Crippen LogP contribution in [0, 0.1) is 0 Å². The molecule has 0 aromatic heterocycles. The van der Waals surface area contributed by atoms with E-state index in [9.17, 15) is 9.59 Å². The largest absolute Gasteiger partial charge is 0.493 e. The summed E-state index contributed by atoms with van der Waals surface area (Å²) >= 11 is 0. The van der Waals surface area contributed by atoms with Gasteiger partial charge in [0, 0.05) is 18.0 Å². The third-order valence-corrected chi connectivity index (χ3v) is 4.48. The highest BCUT2D eigenvalue weighted by molar-refractivity contribution is 6.04. The fourth-order valence-electron chi connectivity index (χ4n) is 3.18. The van der Waals surface area contributed by atoms with Crippen LogP contribution >= 0.6 is 0 Å². The summed E-state index contributed by atoms with van der Waals surface area (Å²) in [5.74, 6) is 0.592. The maximum Gasteiger partial charge on any atom is 0.257 e. The van der Waals surface area contributed by atoms with Crippen LogP contribution in [0.25, 0.3) is 0 Å². The molecule has 0 saturated carbocycles. The number of fused-ring (bicyclic) bond motifs is 1. The second-order valence-electron chi connectivity index (χ2n) is 6.11. The van der Waals surface area contributed by atoms with E-state index < -0.39 is 0 Å². The number of rotatable bonds is 5. The Labute approximate surface area is 152 Å². The van der Waals surface area contributed by atoms with Crippen LogP contribution in [0.4, 0.5) is 0 Å². The van der Waals surface area contributed by atoms with Crippen molar-refractivity contribution >= 4 is 11.8 Å². The average Bonchev–Trinajstić information content (AvgIpc) is 2.67. The van der Waals surface area contributed by atoms with Gasteiger partial charge in [0.05, 0.1) is 14.2 Å². The Morgan fingerprint density at radius 1 is 1.12 bits per heavy atom. The Morgan fingerprint density at radius 3 is 2.50 bits per heavy atom. The molecule has 0 fully saturated rings. The molecule has 0 saturated heterocycles. The van der Waals surface area contributed by atoms with Crippen molar-refractivity contribution in [3.63, 3.8) is 0 Å². The molecule has 2 amide bonds. The number of methoxy groups -OCH3 is 2. The van der Waals surface area contributed by atoms with Gasteiger partial charge in [0.25, 0.3) is 5.91 Å². The smallest absolute Gasteiger partial charge is 0.257 e. The van der Waals surface area contributed by atoms with E-state index in [2.05, 4.69) is 10.6 Å². The van der Waals surface area contributed by atoms with E-state index in [1.807, 2.05) is 18.2 Å². The lowest BCUT2D eigenvalue weighted by Crippen LogP contribution is -2.37. The third kappa shape index (κ3) is 3.86. The molecule has 2 aromatic carbocycles. The molecule has 136 valence electrons. The maximum atomic E-state index is 12.4. The second-order valence-corrected chi connectivity index (χ2v) is 6.11. The predicted octanol–water partition coefficient (Wildman–Crippen LogP) is 2.24. The van der Waals surface area contributed by atoms with E-state index >= 15 is 0 Å². The summed E-state index contributed by atoms with van der Waals surface area (Å²) in [5.41, 5.74) is 2.58. The van der Waals surface area contributed by atoms with Crippen LogP contribution < -0.4 is 20.1 Å². The lowest BCUT2D eigenvalue weighted by Gasteiger charge is -2.27. The van der Waals surface area contributed by atoms with Gasteiger partial charge in [-0.15, -0.1) is 0 Å². The Bertz CT molecular complexity index is 805. The van der Waals surface area contributed by atoms with E-state index in [1.165, 1.54) is 0 Å². The van der Waals surface area contributed by atoms with Crippen LogP contribution in [0.15, 0.2) is 42.5 Å². The van der Waals surface area contributed by atoms with Gasteiger partial charge >= 0.3 is 0 Å². The predicted molar refractivity (Wildman–Crippen MR) is 97.5 cm³/mol. The molecular formula is C20H22N2O4. The number of nitrogens with one attached hydrogen (secondary N) is 2. The number of benzene rings is 2. The number of ether oxygens (including phenoxy) is 2. The normalized spacial score (nSPS) is 15.7. The van der Waals surface area contributed by atoms with E-state index in [1.54, 1.807) is 38.5 Å². The quantitative estimate of drug-likeness (QED) is 0.861. The summed E-state index contributed by atoms with van der Waals surface area (Å²) in [6, 6.07) is 12.4. The van der Waals surface area contributed by atoms with Crippen LogP contribution in [0.5, 0.6) is 11.5 Å². The van der Waals surface area contributed by atoms with Crippen molar-refractivity contribution in [3.8, 4) is 11.5 Å². The lowest BCUT2D eigenvalue weighted by atomic mass is 9.91. The van der Waals surface area contributed by atoms with Crippen molar-refractivity contribution in [2.45, 2.75) is 18.9 Å². The van der Waals surface area contributed by atoms with Gasteiger partial charge in [0.1, 0.15) is 0 Å². The molecule has 1 heterocycles. The molecule has 0 bridgehead atoms. The zero-order valence-electron chi connectivity index (χ0n) is 14.9. The summed E-state index contributed by atoms with van der Waals surface area (Å²) in [4.78, 5) is 24.5. The number of carbonyl (C=O) groups is 2. The van der Waals surface area contributed by atoms with Gasteiger partial charge < -0.3 is 14.8 Å². The molecule has 0 spiro atoms. The maximum absolute atomic E-state index is 12.4. The summed E-state index contributed by atoms with van der Waals surface area (Å²) < 4.78 is 10.7. The summed E-state index contributed by atoms with van der Waals surface area (Å²) in [6.07, 6.45) is 1.01. The summed E-state index contributed by atoms with van der Waals surface area (Å²) in [6.45, 7) is 0.757. The molecule has 6 heteroatoms. The van der Waals surface area contributed by atoms with E-state index in [-0.39, 0.29) is 24.3 Å². The number of hydrogen-bond donors (Lipinski definition) is 2. The highest BCUT2D eigenvalue weighted by Crippen LogP contribution is 2.36. The first-order chi connectivity index (χ1) is 12.6. The minimum Gasteiger partial charge on any atom is -0.493 e. The van der Waals surface area contributed by atoms with E-state index in [4.69, 9.17) is 9.47 Å². The summed E-state index contributed by atoms with van der Waals surface area (Å²) in [5, 5.41) is 5.79. The van der Waals surface area contributed by atoms with Crippen molar-refractivity contribution < 1.29 is 19.1 Å². The Kier molecular flexibility index (Phi) is 5.53. The van der Waals surface area contributed by atoms with Gasteiger partial charge in [0.2, 0.25) is 5.91 Å². The van der Waals surface area contributed by atoms with Crippen LogP contribution in [0.2, 0.25) is 0 Å². The second kappa shape index (κ2) is 8.01. The number of amides is 2. The molecule has 0 radical (unpaired) electrons. The standard InChI is InChI=1S/C20H22N2O4/c1-25-17-10-14-8-9-21-16(15(14)11-18(17)26-2)12-19(23)22-20(24)13-6-4-3-5-7-13/h3-7,10-11,16,21H,8-9,12H2,1-2H3,(H,22,23,24)/t16-/m1/s1. The van der Waals surface area contributed by atoms with Crippen molar-refractivity contribution in [1.82, 2.24) is 10.6 Å². The molecule has 2 aromatic rings. The van der Waals surface area contributed by atoms with Gasteiger partial charge in [-0.25, -0.2) is 0 Å². The first kappa shape index (κ1) is 17.9. The van der Waals surface area contributed by atoms with Gasteiger partial charge in [-0.05, 0) is 48.4 Å². The molecular weight excluding hydrogens is 332 g/mol. The molecule has 1 aliphatic rings. The van der Waals surface area contributed by atoms with Gasteiger partial charge in [0.15, 0.2) is 11.5 Å². The Balaban J connectivity index is 1.73. The first-order valence-electron chi connectivity index (χ1n) is 8.49. The highest BCUT2D eigenvalue weighted by Gasteiger charge is 2.25. The van der Waals surface area contributed by atoms with Crippen molar-refractivity contribution in [3.05, 3.63) is 59.2 Å². The van der Waals surface area contributed by atoms with Crippen LogP contribution in [0.1, 0.15) is 33.9 Å². The Morgan fingerprint density at radius 2 is 1.81 bits per heavy atom. The fraction of sp³-hybridized carbons (Fsp3) is 0.300. The zero-order chi connectivity index (χ0) is 18.5. The van der Waals surface area contributed by atoms with Crippen molar-refractivity contribution in [2.24, 2.45) is 0 Å². The Hall–Kier alpha value is -2.86. The monoisotopic (exact) mass is 354 g/mol. The van der Waals surface area contributed by atoms with Gasteiger partial charge in [-0.2, -0.15) is 0 Å². The molecule has 0 unspecified atom stereocenters. The van der Waals surface area contributed by atoms with Crippen LogP contribution in [-0.2, 0) is 11.2 Å². The lowest BCUT2D eigenvalue weighted by molar-refractivity contribution is -0.120. The first-order valence-corrected chi connectivity index (χ1v) is 8.49. The molecule has 1 aliphatic heterocycles. The van der Waals surface area contributed by atoms with E-state index in [0.29, 0.717) is 17.1 Å². The summed E-state index contributed by atoms with van der Waals surface area (Å²) in [7, 11) is 3.19. The van der Waals surface area contributed by atoms with Gasteiger partial charge in [-0.3, -0.25) is 14.9 Å². The van der Waals surface area contributed by atoms with Gasteiger partial charge in [-0.1, -0.05) is 18.2 Å². The molecule has 1 atom stereocenters. The minimum absolute atomic E-state index is 0.168. The molecule has 0 aliphatic carbocycles. The SMILES string of the molecule is COc1cc2c(cc1OC)[C@@H](CC(=O)NC(=O)c1ccccc1)NCC2. The van der Waals surface area contributed by atoms with E-state index in [0.717, 1.165) is 24.1 Å².